The lowest BCUT2D eigenvalue weighted by Gasteiger charge is -2.14. The van der Waals surface area contributed by atoms with Gasteiger partial charge >= 0.3 is 6.18 Å². The second-order valence-electron chi connectivity index (χ2n) is 3.97. The van der Waals surface area contributed by atoms with Crippen LogP contribution in [0.5, 0.6) is 0 Å². The Labute approximate surface area is 96.3 Å². The standard InChI is InChI=1S/C12H11F3N2/c1-6-4-3-5-8-9(16)7(2)11(12(13,14)15)17-10(6)8/h3-5H,1-2H3,(H2,16,17). The van der Waals surface area contributed by atoms with Crippen molar-refractivity contribution >= 4 is 16.6 Å². The third-order valence-corrected chi connectivity index (χ3v) is 2.78. The number of hydrogen-bond donors (Lipinski definition) is 1. The van der Waals surface area contributed by atoms with E-state index < -0.39 is 11.9 Å². The van der Waals surface area contributed by atoms with E-state index in [9.17, 15) is 13.2 Å². The highest BCUT2D eigenvalue weighted by atomic mass is 19.4. The smallest absolute Gasteiger partial charge is 0.398 e. The number of fused-ring (bicyclic) bond motifs is 1. The zero-order valence-electron chi connectivity index (χ0n) is 9.39. The minimum Gasteiger partial charge on any atom is -0.398 e. The molecule has 1 aromatic heterocycles. The summed E-state index contributed by atoms with van der Waals surface area (Å²) in [6, 6.07) is 5.14. The van der Waals surface area contributed by atoms with Crippen molar-refractivity contribution < 1.29 is 13.2 Å². The first kappa shape index (κ1) is 11.7. The molecule has 0 aliphatic heterocycles. The molecule has 2 aromatic rings. The zero-order valence-corrected chi connectivity index (χ0v) is 9.39. The first-order valence-corrected chi connectivity index (χ1v) is 5.05. The van der Waals surface area contributed by atoms with Crippen LogP contribution in [0.25, 0.3) is 10.9 Å². The largest absolute Gasteiger partial charge is 0.433 e. The van der Waals surface area contributed by atoms with Gasteiger partial charge in [0.1, 0.15) is 5.69 Å². The summed E-state index contributed by atoms with van der Waals surface area (Å²) < 4.78 is 38.3. The van der Waals surface area contributed by atoms with Crippen LogP contribution in [0.2, 0.25) is 0 Å². The third-order valence-electron chi connectivity index (χ3n) is 2.78. The molecule has 0 spiro atoms. The summed E-state index contributed by atoms with van der Waals surface area (Å²) >= 11 is 0. The van der Waals surface area contributed by atoms with E-state index in [4.69, 9.17) is 5.73 Å². The highest BCUT2D eigenvalue weighted by Gasteiger charge is 2.35. The highest BCUT2D eigenvalue weighted by Crippen LogP contribution is 2.36. The number of benzene rings is 1. The van der Waals surface area contributed by atoms with Crippen molar-refractivity contribution in [3.63, 3.8) is 0 Å². The van der Waals surface area contributed by atoms with Gasteiger partial charge < -0.3 is 5.73 Å². The van der Waals surface area contributed by atoms with Gasteiger partial charge in [-0.25, -0.2) is 4.98 Å². The van der Waals surface area contributed by atoms with Crippen molar-refractivity contribution in [1.82, 2.24) is 4.98 Å². The Bertz CT molecular complexity index is 588. The van der Waals surface area contributed by atoms with Crippen LogP contribution in [-0.4, -0.2) is 4.98 Å². The molecule has 1 aromatic carbocycles. The van der Waals surface area contributed by atoms with Crippen LogP contribution in [0.15, 0.2) is 18.2 Å². The molecule has 0 saturated carbocycles. The van der Waals surface area contributed by atoms with Crippen LogP contribution in [0.3, 0.4) is 0 Å². The summed E-state index contributed by atoms with van der Waals surface area (Å²) in [6.45, 7) is 3.05. The van der Waals surface area contributed by atoms with E-state index in [1.807, 2.05) is 0 Å². The number of aromatic nitrogens is 1. The number of para-hydroxylation sites is 1. The monoisotopic (exact) mass is 240 g/mol. The lowest BCUT2D eigenvalue weighted by molar-refractivity contribution is -0.141. The Morgan fingerprint density at radius 3 is 2.41 bits per heavy atom. The number of nitrogen functional groups attached to an aromatic ring is 1. The number of anilines is 1. The molecule has 90 valence electrons. The van der Waals surface area contributed by atoms with Gasteiger partial charge in [-0.05, 0) is 19.4 Å². The Morgan fingerprint density at radius 1 is 1.18 bits per heavy atom. The van der Waals surface area contributed by atoms with E-state index in [1.54, 1.807) is 25.1 Å². The second-order valence-corrected chi connectivity index (χ2v) is 3.97. The van der Waals surface area contributed by atoms with Gasteiger partial charge in [0.2, 0.25) is 0 Å². The molecule has 2 nitrogen and oxygen atoms in total. The van der Waals surface area contributed by atoms with Gasteiger partial charge in [-0.15, -0.1) is 0 Å². The average Bonchev–Trinajstić information content (AvgIpc) is 2.22. The van der Waals surface area contributed by atoms with E-state index in [-0.39, 0.29) is 11.3 Å². The molecule has 17 heavy (non-hydrogen) atoms. The minimum absolute atomic E-state index is 0.0180. The first-order chi connectivity index (χ1) is 7.82. The molecule has 0 saturated heterocycles. The summed E-state index contributed by atoms with van der Waals surface area (Å²) in [4.78, 5) is 3.70. The van der Waals surface area contributed by atoms with Gasteiger partial charge in [0.05, 0.1) is 5.52 Å². The topological polar surface area (TPSA) is 38.9 Å². The number of alkyl halides is 3. The van der Waals surface area contributed by atoms with Gasteiger partial charge in [0.25, 0.3) is 0 Å². The maximum absolute atomic E-state index is 12.8. The van der Waals surface area contributed by atoms with Crippen LogP contribution >= 0.6 is 0 Å². The lowest BCUT2D eigenvalue weighted by Crippen LogP contribution is -2.12. The third kappa shape index (κ3) is 1.81. The summed E-state index contributed by atoms with van der Waals surface area (Å²) in [5.74, 6) is 0. The molecule has 0 radical (unpaired) electrons. The van der Waals surface area contributed by atoms with Crippen molar-refractivity contribution in [3.8, 4) is 0 Å². The minimum atomic E-state index is -4.48. The normalized spacial score (nSPS) is 12.1. The van der Waals surface area contributed by atoms with Gasteiger partial charge in [0.15, 0.2) is 0 Å². The molecule has 1 heterocycles. The van der Waals surface area contributed by atoms with Crippen molar-refractivity contribution in [2.75, 3.05) is 5.73 Å². The molecule has 0 bridgehead atoms. The van der Waals surface area contributed by atoms with Crippen molar-refractivity contribution in [2.45, 2.75) is 20.0 Å². The van der Waals surface area contributed by atoms with Crippen molar-refractivity contribution in [2.24, 2.45) is 0 Å². The van der Waals surface area contributed by atoms with Gasteiger partial charge in [-0.3, -0.25) is 0 Å². The summed E-state index contributed by atoms with van der Waals surface area (Å²) in [7, 11) is 0. The number of rotatable bonds is 0. The summed E-state index contributed by atoms with van der Waals surface area (Å²) in [5.41, 5.74) is 5.95. The van der Waals surface area contributed by atoms with Crippen molar-refractivity contribution in [1.29, 1.82) is 0 Å². The Hall–Kier alpha value is -1.78. The SMILES string of the molecule is Cc1c(C(F)(F)F)nc2c(C)cccc2c1N. The lowest BCUT2D eigenvalue weighted by atomic mass is 10.0. The number of pyridine rings is 1. The van der Waals surface area contributed by atoms with E-state index in [2.05, 4.69) is 4.98 Å². The maximum Gasteiger partial charge on any atom is 0.433 e. The number of nitrogens with zero attached hydrogens (tertiary/aromatic N) is 1. The van der Waals surface area contributed by atoms with Crippen LogP contribution in [-0.2, 0) is 6.18 Å². The van der Waals surface area contributed by atoms with E-state index in [1.165, 1.54) is 6.92 Å². The number of aryl methyl sites for hydroxylation is 1. The number of halogens is 3. The van der Waals surface area contributed by atoms with Crippen LogP contribution in [0, 0.1) is 13.8 Å². The van der Waals surface area contributed by atoms with Crippen LogP contribution in [0.4, 0.5) is 18.9 Å². The fraction of sp³-hybridized carbons (Fsp3) is 0.250. The summed E-state index contributed by atoms with van der Waals surface area (Å²) in [5, 5.41) is 0.565. The molecular formula is C12H11F3N2. The maximum atomic E-state index is 12.8. The number of hydrogen-bond acceptors (Lipinski definition) is 2. The number of nitrogens with two attached hydrogens (primary N) is 1. The molecule has 0 atom stereocenters. The van der Waals surface area contributed by atoms with Crippen molar-refractivity contribution in [3.05, 3.63) is 35.0 Å². The van der Waals surface area contributed by atoms with Gasteiger partial charge in [-0.1, -0.05) is 18.2 Å². The second kappa shape index (κ2) is 3.61. The Morgan fingerprint density at radius 2 is 1.82 bits per heavy atom. The highest BCUT2D eigenvalue weighted by molar-refractivity contribution is 5.93. The van der Waals surface area contributed by atoms with Gasteiger partial charge in [-0.2, -0.15) is 13.2 Å². The van der Waals surface area contributed by atoms with E-state index in [0.717, 1.165) is 0 Å². The fourth-order valence-electron chi connectivity index (χ4n) is 1.83. The Balaban J connectivity index is 2.91. The molecule has 2 N–H and O–H groups in total. The quantitative estimate of drug-likeness (QED) is 0.765. The molecule has 0 amide bonds. The fourth-order valence-corrected chi connectivity index (χ4v) is 1.83. The van der Waals surface area contributed by atoms with E-state index in [0.29, 0.717) is 16.5 Å². The van der Waals surface area contributed by atoms with E-state index >= 15 is 0 Å². The molecule has 5 heteroatoms. The predicted octanol–water partition coefficient (Wildman–Crippen LogP) is 3.45. The molecule has 0 aliphatic carbocycles. The molecule has 0 aliphatic rings. The zero-order chi connectivity index (χ0) is 12.8. The average molecular weight is 240 g/mol. The van der Waals surface area contributed by atoms with Gasteiger partial charge in [0, 0.05) is 16.6 Å². The summed E-state index contributed by atoms with van der Waals surface area (Å²) in [6.07, 6.45) is -4.48. The molecule has 2 rings (SSSR count). The Kier molecular flexibility index (Phi) is 2.49. The molecule has 0 unspecified atom stereocenters. The first-order valence-electron chi connectivity index (χ1n) is 5.05. The molecular weight excluding hydrogens is 229 g/mol. The van der Waals surface area contributed by atoms with Crippen LogP contribution in [0.1, 0.15) is 16.8 Å². The van der Waals surface area contributed by atoms with Crippen LogP contribution < -0.4 is 5.73 Å². The molecule has 0 fully saturated rings. The predicted molar refractivity (Wildman–Crippen MR) is 60.6 cm³/mol.